The Morgan fingerprint density at radius 2 is 2.18 bits per heavy atom. The van der Waals surface area contributed by atoms with Gasteiger partial charge in [-0.25, -0.2) is 0 Å². The summed E-state index contributed by atoms with van der Waals surface area (Å²) in [7, 11) is 0. The van der Waals surface area contributed by atoms with Gasteiger partial charge in [0.15, 0.2) is 0 Å². The molecule has 0 bridgehead atoms. The van der Waals surface area contributed by atoms with Gasteiger partial charge in [0.2, 0.25) is 0 Å². The predicted molar refractivity (Wildman–Crippen MR) is 80.6 cm³/mol. The third-order valence-corrected chi connectivity index (χ3v) is 3.43. The SMILES string of the molecule is C=C(C)SCC1=NC(/C=C(C)\C=C\C)=C(C)C1. The van der Waals surface area contributed by atoms with Gasteiger partial charge in [0.05, 0.1) is 5.70 Å². The van der Waals surface area contributed by atoms with Crippen molar-refractivity contribution in [2.75, 3.05) is 5.75 Å². The summed E-state index contributed by atoms with van der Waals surface area (Å²) >= 11 is 1.78. The highest BCUT2D eigenvalue weighted by molar-refractivity contribution is 8.03. The molecule has 0 radical (unpaired) electrons. The summed E-state index contributed by atoms with van der Waals surface area (Å²) in [6, 6.07) is 0. The van der Waals surface area contributed by atoms with Crippen LogP contribution in [0.4, 0.5) is 0 Å². The number of allylic oxidation sites excluding steroid dienone is 6. The van der Waals surface area contributed by atoms with Crippen molar-refractivity contribution in [2.24, 2.45) is 4.99 Å². The Balaban J connectivity index is 2.69. The lowest BCUT2D eigenvalue weighted by Gasteiger charge is -1.99. The maximum Gasteiger partial charge on any atom is 0.0625 e. The molecule has 0 aliphatic carbocycles. The molecule has 0 aromatic carbocycles. The Morgan fingerprint density at radius 1 is 1.47 bits per heavy atom. The van der Waals surface area contributed by atoms with E-state index in [4.69, 9.17) is 0 Å². The van der Waals surface area contributed by atoms with Crippen LogP contribution in [0.25, 0.3) is 0 Å². The number of aliphatic imine (C=N–C) groups is 1. The molecule has 0 amide bonds. The van der Waals surface area contributed by atoms with Crippen LogP contribution in [0, 0.1) is 0 Å². The highest BCUT2D eigenvalue weighted by atomic mass is 32.2. The Kier molecular flexibility index (Phi) is 5.49. The van der Waals surface area contributed by atoms with Gasteiger partial charge in [-0.2, -0.15) is 0 Å². The van der Waals surface area contributed by atoms with Crippen LogP contribution in [0.3, 0.4) is 0 Å². The second-order valence-electron chi connectivity index (χ2n) is 4.40. The lowest BCUT2D eigenvalue weighted by Crippen LogP contribution is -1.97. The van der Waals surface area contributed by atoms with Crippen molar-refractivity contribution >= 4 is 17.5 Å². The van der Waals surface area contributed by atoms with Crippen LogP contribution in [-0.2, 0) is 0 Å². The Hall–Kier alpha value is -1.02. The van der Waals surface area contributed by atoms with E-state index in [0.717, 1.165) is 22.8 Å². The fourth-order valence-corrected chi connectivity index (χ4v) is 2.25. The molecule has 0 atom stereocenters. The van der Waals surface area contributed by atoms with Crippen LogP contribution < -0.4 is 0 Å². The molecule has 0 saturated heterocycles. The zero-order chi connectivity index (χ0) is 12.8. The van der Waals surface area contributed by atoms with E-state index in [2.05, 4.69) is 43.6 Å². The fourth-order valence-electron chi connectivity index (χ4n) is 1.67. The summed E-state index contributed by atoms with van der Waals surface area (Å²) in [5.41, 5.74) is 5.01. The molecule has 1 rings (SSSR count). The van der Waals surface area contributed by atoms with E-state index < -0.39 is 0 Å². The van der Waals surface area contributed by atoms with Gasteiger partial charge in [-0.1, -0.05) is 18.7 Å². The zero-order valence-corrected chi connectivity index (χ0v) is 12.0. The number of thioether (sulfide) groups is 1. The van der Waals surface area contributed by atoms with Crippen molar-refractivity contribution in [3.63, 3.8) is 0 Å². The van der Waals surface area contributed by atoms with Gasteiger partial charge in [-0.05, 0) is 49.8 Å². The number of hydrogen-bond donors (Lipinski definition) is 0. The average Bonchev–Trinajstić information content (AvgIpc) is 2.57. The standard InChI is InChI=1S/C15H21NS/c1-6-7-12(4)8-15-13(5)9-14(16-15)10-17-11(2)3/h6-8H,2,9-10H2,1,3-5H3/b7-6+,12-8-. The van der Waals surface area contributed by atoms with E-state index in [1.165, 1.54) is 16.9 Å². The molecule has 0 unspecified atom stereocenters. The van der Waals surface area contributed by atoms with Crippen LogP contribution in [-0.4, -0.2) is 11.5 Å². The highest BCUT2D eigenvalue weighted by Gasteiger charge is 2.12. The number of hydrogen-bond acceptors (Lipinski definition) is 2. The molecule has 1 heterocycles. The first-order valence-electron chi connectivity index (χ1n) is 5.88. The quantitative estimate of drug-likeness (QED) is 0.630. The van der Waals surface area contributed by atoms with E-state index in [1.54, 1.807) is 11.8 Å². The summed E-state index contributed by atoms with van der Waals surface area (Å²) in [6.45, 7) is 12.2. The molecule has 0 N–H and O–H groups in total. The average molecular weight is 247 g/mol. The summed E-state index contributed by atoms with van der Waals surface area (Å²) < 4.78 is 0. The number of rotatable bonds is 5. The van der Waals surface area contributed by atoms with E-state index in [0.29, 0.717) is 0 Å². The van der Waals surface area contributed by atoms with Gasteiger partial charge < -0.3 is 0 Å². The van der Waals surface area contributed by atoms with Crippen LogP contribution in [0.5, 0.6) is 0 Å². The van der Waals surface area contributed by atoms with Gasteiger partial charge >= 0.3 is 0 Å². The molecule has 17 heavy (non-hydrogen) atoms. The van der Waals surface area contributed by atoms with E-state index in [1.807, 2.05) is 13.8 Å². The van der Waals surface area contributed by atoms with Gasteiger partial charge in [0.25, 0.3) is 0 Å². The van der Waals surface area contributed by atoms with Gasteiger partial charge in [-0.15, -0.1) is 11.8 Å². The molecular formula is C15H21NS. The fraction of sp³-hybridized carbons (Fsp3) is 0.400. The molecule has 1 nitrogen and oxygen atoms in total. The molecule has 0 aromatic heterocycles. The Bertz CT molecular complexity index is 422. The van der Waals surface area contributed by atoms with Crippen LogP contribution in [0.2, 0.25) is 0 Å². The molecule has 0 saturated carbocycles. The monoisotopic (exact) mass is 247 g/mol. The maximum atomic E-state index is 4.69. The molecule has 0 aromatic rings. The van der Waals surface area contributed by atoms with Gasteiger partial charge in [-0.3, -0.25) is 4.99 Å². The smallest absolute Gasteiger partial charge is 0.0625 e. The Morgan fingerprint density at radius 3 is 2.76 bits per heavy atom. The van der Waals surface area contributed by atoms with E-state index in [-0.39, 0.29) is 0 Å². The van der Waals surface area contributed by atoms with Crippen molar-refractivity contribution in [3.05, 3.63) is 46.6 Å². The molecule has 0 spiro atoms. The third kappa shape index (κ3) is 4.78. The van der Waals surface area contributed by atoms with Crippen molar-refractivity contribution in [1.82, 2.24) is 0 Å². The molecular weight excluding hydrogens is 226 g/mol. The minimum Gasteiger partial charge on any atom is -0.257 e. The van der Waals surface area contributed by atoms with Crippen molar-refractivity contribution in [1.29, 1.82) is 0 Å². The van der Waals surface area contributed by atoms with Crippen molar-refractivity contribution in [3.8, 4) is 0 Å². The highest BCUT2D eigenvalue weighted by Crippen LogP contribution is 2.24. The largest absolute Gasteiger partial charge is 0.257 e. The van der Waals surface area contributed by atoms with Crippen LogP contribution >= 0.6 is 11.8 Å². The summed E-state index contributed by atoms with van der Waals surface area (Å²) in [5.74, 6) is 0.965. The van der Waals surface area contributed by atoms with E-state index in [9.17, 15) is 0 Å². The minimum absolute atomic E-state index is 0.965. The van der Waals surface area contributed by atoms with Crippen molar-refractivity contribution < 1.29 is 0 Å². The van der Waals surface area contributed by atoms with Gasteiger partial charge in [0.1, 0.15) is 0 Å². The summed E-state index contributed by atoms with van der Waals surface area (Å²) in [4.78, 5) is 5.84. The predicted octanol–water partition coefficient (Wildman–Crippen LogP) is 4.89. The van der Waals surface area contributed by atoms with Crippen LogP contribution in [0.15, 0.2) is 51.5 Å². The summed E-state index contributed by atoms with van der Waals surface area (Å²) in [6.07, 6.45) is 7.33. The zero-order valence-electron chi connectivity index (χ0n) is 11.2. The first-order chi connectivity index (χ1) is 8.02. The number of nitrogens with zero attached hydrogens (tertiary/aromatic N) is 1. The van der Waals surface area contributed by atoms with E-state index >= 15 is 0 Å². The molecule has 1 aliphatic heterocycles. The first kappa shape index (κ1) is 14.0. The minimum atomic E-state index is 0.965. The second kappa shape index (κ2) is 6.65. The second-order valence-corrected chi connectivity index (χ2v) is 5.67. The topological polar surface area (TPSA) is 12.4 Å². The normalized spacial score (nSPS) is 16.9. The molecule has 2 heteroatoms. The molecule has 1 aliphatic rings. The third-order valence-electron chi connectivity index (χ3n) is 2.46. The first-order valence-corrected chi connectivity index (χ1v) is 6.87. The molecule has 0 fully saturated rings. The lowest BCUT2D eigenvalue weighted by atomic mass is 10.1. The summed E-state index contributed by atoms with van der Waals surface area (Å²) in [5, 5.41) is 0. The van der Waals surface area contributed by atoms with Crippen molar-refractivity contribution in [2.45, 2.75) is 34.1 Å². The Labute approximate surface area is 109 Å². The van der Waals surface area contributed by atoms with Gasteiger partial charge in [0, 0.05) is 17.9 Å². The lowest BCUT2D eigenvalue weighted by molar-refractivity contribution is 1.25. The maximum absolute atomic E-state index is 4.69. The van der Waals surface area contributed by atoms with Crippen LogP contribution in [0.1, 0.15) is 34.1 Å². The molecule has 92 valence electrons.